The van der Waals surface area contributed by atoms with Crippen molar-refractivity contribution < 1.29 is 19.0 Å². The van der Waals surface area contributed by atoms with Crippen LogP contribution in [-0.2, 0) is 19.0 Å². The Morgan fingerprint density at radius 3 is 2.57 bits per heavy atom. The Morgan fingerprint density at radius 2 is 1.91 bits per heavy atom. The highest BCUT2D eigenvalue weighted by Crippen LogP contribution is 2.30. The van der Waals surface area contributed by atoms with Crippen LogP contribution in [0, 0.1) is 11.8 Å². The van der Waals surface area contributed by atoms with E-state index < -0.39 is 0 Å². The van der Waals surface area contributed by atoms with Crippen molar-refractivity contribution in [1.82, 2.24) is 0 Å². The van der Waals surface area contributed by atoms with E-state index >= 15 is 0 Å². The molecule has 1 saturated carbocycles. The molecule has 0 heterocycles. The summed E-state index contributed by atoms with van der Waals surface area (Å²) >= 11 is 5.26. The zero-order valence-corrected chi connectivity index (χ0v) is 14.5. The first kappa shape index (κ1) is 17.9. The summed E-state index contributed by atoms with van der Waals surface area (Å²) in [5, 5.41) is 0.534. The summed E-state index contributed by atoms with van der Waals surface area (Å²) in [4.78, 5) is 11.5. The highest BCUT2D eigenvalue weighted by Gasteiger charge is 2.31. The quantitative estimate of drug-likeness (QED) is 0.538. The molecular formula is C18H24O4S. The van der Waals surface area contributed by atoms with Crippen molar-refractivity contribution in [2.24, 2.45) is 11.8 Å². The fourth-order valence-corrected chi connectivity index (χ4v) is 2.49. The van der Waals surface area contributed by atoms with Crippen LogP contribution in [0.3, 0.4) is 0 Å². The van der Waals surface area contributed by atoms with Gasteiger partial charge in [-0.15, -0.1) is 0 Å². The monoisotopic (exact) mass is 336 g/mol. The highest BCUT2D eigenvalue weighted by molar-refractivity contribution is 7.80. The normalized spacial score (nSPS) is 20.0. The minimum atomic E-state index is -0.288. The third-order valence-electron chi connectivity index (χ3n) is 3.67. The molecule has 1 fully saturated rings. The Balaban J connectivity index is 1.55. The molecule has 0 aromatic heterocycles. The smallest absolute Gasteiger partial charge is 0.332 e. The van der Waals surface area contributed by atoms with Gasteiger partial charge in [0.2, 0.25) is 0 Å². The number of ether oxygens (including phenoxy) is 3. The van der Waals surface area contributed by atoms with Gasteiger partial charge in [0.15, 0.2) is 5.05 Å². The van der Waals surface area contributed by atoms with E-state index in [2.05, 4.69) is 0 Å². The van der Waals surface area contributed by atoms with Crippen LogP contribution in [0.5, 0.6) is 0 Å². The number of esters is 1. The van der Waals surface area contributed by atoms with Crippen molar-refractivity contribution in [3.63, 3.8) is 0 Å². The first-order chi connectivity index (χ1) is 11.0. The lowest BCUT2D eigenvalue weighted by Crippen LogP contribution is -2.36. The van der Waals surface area contributed by atoms with Crippen molar-refractivity contribution in [2.75, 3.05) is 19.8 Å². The predicted octanol–water partition coefficient (Wildman–Crippen LogP) is 3.37. The third kappa shape index (κ3) is 6.28. The second kappa shape index (κ2) is 8.99. The van der Waals surface area contributed by atoms with Gasteiger partial charge >= 0.3 is 5.97 Å². The summed E-state index contributed by atoms with van der Waals surface area (Å²) in [6.45, 7) is 5.09. The lowest BCUT2D eigenvalue weighted by Gasteiger charge is -2.34. The van der Waals surface area contributed by atoms with Gasteiger partial charge in [-0.1, -0.05) is 44.2 Å². The minimum Gasteiger partial charge on any atom is -0.483 e. The molecule has 0 spiro atoms. The Hall–Kier alpha value is -1.46. The molecule has 1 aliphatic carbocycles. The van der Waals surface area contributed by atoms with Crippen molar-refractivity contribution in [1.29, 1.82) is 0 Å². The Morgan fingerprint density at radius 1 is 1.22 bits per heavy atom. The van der Waals surface area contributed by atoms with Gasteiger partial charge in [0.05, 0.1) is 19.3 Å². The average Bonchev–Trinajstić information content (AvgIpc) is 2.51. The standard InChI is InChI=1S/C18H24O4S/c1-13(2)10-21-17(19)12-20-16-8-14(9-16)11-22-18(23)15-6-4-3-5-7-15/h3-7,13-14,16H,8-12H2,1-2H3. The van der Waals surface area contributed by atoms with E-state index in [0.717, 1.165) is 18.4 Å². The molecular weight excluding hydrogens is 312 g/mol. The number of carbonyl (C=O) groups is 1. The van der Waals surface area contributed by atoms with E-state index in [1.165, 1.54) is 0 Å². The molecule has 1 aliphatic rings. The average molecular weight is 336 g/mol. The molecule has 126 valence electrons. The molecule has 0 bridgehead atoms. The molecule has 0 saturated heterocycles. The van der Waals surface area contributed by atoms with Gasteiger partial charge in [-0.25, -0.2) is 4.79 Å². The van der Waals surface area contributed by atoms with Crippen LogP contribution >= 0.6 is 12.2 Å². The number of carbonyl (C=O) groups excluding carboxylic acids is 1. The van der Waals surface area contributed by atoms with Crippen LogP contribution in [0.2, 0.25) is 0 Å². The maximum absolute atomic E-state index is 11.5. The maximum atomic E-state index is 11.5. The number of benzene rings is 1. The molecule has 0 radical (unpaired) electrons. The number of thiocarbonyl (C=S) groups is 1. The van der Waals surface area contributed by atoms with Gasteiger partial charge in [-0.2, -0.15) is 0 Å². The topological polar surface area (TPSA) is 44.8 Å². The number of hydrogen-bond acceptors (Lipinski definition) is 5. The summed E-state index contributed by atoms with van der Waals surface area (Å²) in [6, 6.07) is 9.72. The third-order valence-corrected chi connectivity index (χ3v) is 4.02. The molecule has 1 aromatic carbocycles. The fourth-order valence-electron chi connectivity index (χ4n) is 2.28. The lowest BCUT2D eigenvalue weighted by atomic mass is 9.83. The molecule has 1 aromatic rings. The summed E-state index contributed by atoms with van der Waals surface area (Å²) in [6.07, 6.45) is 1.92. The molecule has 0 unspecified atom stereocenters. The fraction of sp³-hybridized carbons (Fsp3) is 0.556. The zero-order chi connectivity index (χ0) is 16.7. The maximum Gasteiger partial charge on any atom is 0.332 e. The van der Waals surface area contributed by atoms with Gasteiger partial charge in [-0.3, -0.25) is 0 Å². The van der Waals surface area contributed by atoms with Crippen molar-refractivity contribution in [3.05, 3.63) is 35.9 Å². The van der Waals surface area contributed by atoms with Crippen LogP contribution in [0.1, 0.15) is 32.3 Å². The van der Waals surface area contributed by atoms with Gasteiger partial charge in [0.25, 0.3) is 0 Å². The van der Waals surface area contributed by atoms with Crippen LogP contribution in [0.4, 0.5) is 0 Å². The van der Waals surface area contributed by atoms with Gasteiger partial charge in [0, 0.05) is 5.56 Å². The van der Waals surface area contributed by atoms with E-state index in [9.17, 15) is 4.79 Å². The van der Waals surface area contributed by atoms with Gasteiger partial charge in [-0.05, 0) is 36.9 Å². The lowest BCUT2D eigenvalue weighted by molar-refractivity contribution is -0.155. The molecule has 0 atom stereocenters. The molecule has 0 N–H and O–H groups in total. The largest absolute Gasteiger partial charge is 0.483 e. The second-order valence-electron chi connectivity index (χ2n) is 6.31. The summed E-state index contributed by atoms with van der Waals surface area (Å²) < 4.78 is 16.3. The van der Waals surface area contributed by atoms with E-state index in [0.29, 0.717) is 30.1 Å². The van der Waals surface area contributed by atoms with Crippen LogP contribution < -0.4 is 0 Å². The summed E-state index contributed by atoms with van der Waals surface area (Å²) in [5.41, 5.74) is 0.933. The van der Waals surface area contributed by atoms with Crippen LogP contribution in [-0.4, -0.2) is 36.9 Å². The van der Waals surface area contributed by atoms with Crippen LogP contribution in [0.25, 0.3) is 0 Å². The van der Waals surface area contributed by atoms with E-state index in [-0.39, 0.29) is 18.7 Å². The van der Waals surface area contributed by atoms with Gasteiger partial charge < -0.3 is 14.2 Å². The molecule has 5 heteroatoms. The molecule has 2 rings (SSSR count). The van der Waals surface area contributed by atoms with Crippen molar-refractivity contribution in [3.8, 4) is 0 Å². The van der Waals surface area contributed by atoms with E-state index in [1.54, 1.807) is 0 Å². The molecule has 0 amide bonds. The van der Waals surface area contributed by atoms with Gasteiger partial charge in [0.1, 0.15) is 6.61 Å². The Bertz CT molecular complexity index is 509. The summed E-state index contributed by atoms with van der Waals surface area (Å²) in [5.74, 6) is 0.495. The van der Waals surface area contributed by atoms with Crippen molar-refractivity contribution in [2.45, 2.75) is 32.8 Å². The molecule has 4 nitrogen and oxygen atoms in total. The van der Waals surface area contributed by atoms with E-state index in [4.69, 9.17) is 26.4 Å². The predicted molar refractivity (Wildman–Crippen MR) is 92.4 cm³/mol. The second-order valence-corrected chi connectivity index (χ2v) is 6.68. The first-order valence-electron chi connectivity index (χ1n) is 8.04. The number of rotatable bonds is 8. The minimum absolute atomic E-state index is 0.0351. The van der Waals surface area contributed by atoms with Crippen molar-refractivity contribution >= 4 is 23.2 Å². The van der Waals surface area contributed by atoms with E-state index in [1.807, 2.05) is 44.2 Å². The molecule has 0 aliphatic heterocycles. The zero-order valence-electron chi connectivity index (χ0n) is 13.7. The number of hydrogen-bond donors (Lipinski definition) is 0. The Labute approximate surface area is 143 Å². The summed E-state index contributed by atoms with van der Waals surface area (Å²) in [7, 11) is 0. The first-order valence-corrected chi connectivity index (χ1v) is 8.44. The molecule has 23 heavy (non-hydrogen) atoms. The van der Waals surface area contributed by atoms with Crippen LogP contribution in [0.15, 0.2) is 30.3 Å². The highest BCUT2D eigenvalue weighted by atomic mass is 32.1. The SMILES string of the molecule is CC(C)COC(=O)COC1CC(COC(=S)c2ccccc2)C1. The Kier molecular flexibility index (Phi) is 6.99.